The molecule has 0 saturated carbocycles. The minimum atomic E-state index is -4.50. The summed E-state index contributed by atoms with van der Waals surface area (Å²) in [6.07, 6.45) is -3.79. The fourth-order valence-corrected chi connectivity index (χ4v) is 1.97. The van der Waals surface area contributed by atoms with Crippen LogP contribution in [0.4, 0.5) is 30.6 Å². The predicted octanol–water partition coefficient (Wildman–Crippen LogP) is 3.48. The monoisotopic (exact) mass is 339 g/mol. The van der Waals surface area contributed by atoms with Crippen LogP contribution < -0.4 is 15.5 Å². The van der Waals surface area contributed by atoms with Gasteiger partial charge in [0.2, 0.25) is 5.95 Å². The van der Waals surface area contributed by atoms with Gasteiger partial charge in [0, 0.05) is 38.9 Å². The molecular formula is C16H20F3N5. The van der Waals surface area contributed by atoms with Gasteiger partial charge in [-0.05, 0) is 18.6 Å². The van der Waals surface area contributed by atoms with Crippen molar-refractivity contribution in [3.8, 4) is 0 Å². The molecule has 0 radical (unpaired) electrons. The van der Waals surface area contributed by atoms with E-state index in [1.807, 2.05) is 30.3 Å². The van der Waals surface area contributed by atoms with Crippen molar-refractivity contribution in [2.75, 3.05) is 42.7 Å². The number of hydrogen-bond acceptors (Lipinski definition) is 5. The molecule has 1 aromatic heterocycles. The molecule has 2 aromatic rings. The summed E-state index contributed by atoms with van der Waals surface area (Å²) < 4.78 is 38.7. The van der Waals surface area contributed by atoms with Gasteiger partial charge in [0.25, 0.3) is 0 Å². The Hall–Kier alpha value is -2.51. The molecule has 0 amide bonds. The van der Waals surface area contributed by atoms with Crippen LogP contribution in [0.2, 0.25) is 0 Å². The van der Waals surface area contributed by atoms with Crippen molar-refractivity contribution in [1.82, 2.24) is 9.97 Å². The van der Waals surface area contributed by atoms with Crippen molar-refractivity contribution in [3.05, 3.63) is 42.1 Å². The maximum absolute atomic E-state index is 12.9. The highest BCUT2D eigenvalue weighted by molar-refractivity contribution is 5.44. The zero-order valence-corrected chi connectivity index (χ0v) is 13.6. The second-order valence-corrected chi connectivity index (χ2v) is 5.40. The van der Waals surface area contributed by atoms with Crippen LogP contribution in [0.5, 0.6) is 0 Å². The fourth-order valence-electron chi connectivity index (χ4n) is 1.97. The summed E-state index contributed by atoms with van der Waals surface area (Å²) >= 11 is 0. The van der Waals surface area contributed by atoms with E-state index in [9.17, 15) is 13.2 Å². The van der Waals surface area contributed by atoms with E-state index in [0.29, 0.717) is 19.5 Å². The molecule has 5 nitrogen and oxygen atoms in total. The first-order valence-corrected chi connectivity index (χ1v) is 7.52. The minimum absolute atomic E-state index is 0.0202. The highest BCUT2D eigenvalue weighted by atomic mass is 19.4. The Labute approximate surface area is 138 Å². The SMILES string of the molecule is CN(C)c1cc(C(F)(F)F)nc(NCCCNc2ccccc2)n1. The van der Waals surface area contributed by atoms with Gasteiger partial charge in [0.05, 0.1) is 0 Å². The van der Waals surface area contributed by atoms with Crippen molar-refractivity contribution < 1.29 is 13.2 Å². The molecule has 2 N–H and O–H groups in total. The lowest BCUT2D eigenvalue weighted by molar-refractivity contribution is -0.141. The molecule has 0 unspecified atom stereocenters. The number of anilines is 3. The number of nitrogens with zero attached hydrogens (tertiary/aromatic N) is 3. The van der Waals surface area contributed by atoms with Crippen LogP contribution in [0.15, 0.2) is 36.4 Å². The van der Waals surface area contributed by atoms with E-state index in [1.54, 1.807) is 14.1 Å². The Bertz CT molecular complexity index is 644. The molecule has 0 aliphatic rings. The summed E-state index contributed by atoms with van der Waals surface area (Å²) in [5.41, 5.74) is 0.0498. The molecule has 0 aliphatic carbocycles. The lowest BCUT2D eigenvalue weighted by Crippen LogP contribution is -2.18. The third-order valence-electron chi connectivity index (χ3n) is 3.20. The Morgan fingerprint density at radius 2 is 1.67 bits per heavy atom. The number of hydrogen-bond donors (Lipinski definition) is 2. The van der Waals surface area contributed by atoms with Crippen molar-refractivity contribution in [2.45, 2.75) is 12.6 Å². The summed E-state index contributed by atoms with van der Waals surface area (Å²) in [7, 11) is 3.27. The number of aromatic nitrogens is 2. The van der Waals surface area contributed by atoms with Gasteiger partial charge in [-0.1, -0.05) is 18.2 Å². The average molecular weight is 339 g/mol. The molecule has 2 rings (SSSR count). The van der Waals surface area contributed by atoms with Crippen molar-refractivity contribution >= 4 is 17.5 Å². The van der Waals surface area contributed by atoms with Crippen LogP contribution in [0, 0.1) is 0 Å². The van der Waals surface area contributed by atoms with Gasteiger partial charge >= 0.3 is 6.18 Å². The zero-order chi connectivity index (χ0) is 17.6. The van der Waals surface area contributed by atoms with E-state index >= 15 is 0 Å². The lowest BCUT2D eigenvalue weighted by atomic mass is 10.3. The quantitative estimate of drug-likeness (QED) is 0.757. The molecular weight excluding hydrogens is 319 g/mol. The van der Waals surface area contributed by atoms with Gasteiger partial charge < -0.3 is 15.5 Å². The van der Waals surface area contributed by atoms with Crippen molar-refractivity contribution in [2.24, 2.45) is 0 Å². The summed E-state index contributed by atoms with van der Waals surface area (Å²) in [4.78, 5) is 9.15. The van der Waals surface area contributed by atoms with Crippen LogP contribution in [0.25, 0.3) is 0 Å². The van der Waals surface area contributed by atoms with Crippen LogP contribution in [-0.2, 0) is 6.18 Å². The van der Waals surface area contributed by atoms with Gasteiger partial charge in [-0.25, -0.2) is 4.98 Å². The number of para-hydroxylation sites is 1. The summed E-state index contributed by atoms with van der Waals surface area (Å²) in [5, 5.41) is 6.08. The van der Waals surface area contributed by atoms with E-state index in [1.165, 1.54) is 4.90 Å². The standard InChI is InChI=1S/C16H20F3N5/c1-24(2)14-11-13(16(17,18)19)22-15(23-14)21-10-6-9-20-12-7-4-3-5-8-12/h3-5,7-8,11,20H,6,9-10H2,1-2H3,(H,21,22,23). The fraction of sp³-hybridized carbons (Fsp3) is 0.375. The van der Waals surface area contributed by atoms with E-state index in [4.69, 9.17) is 0 Å². The van der Waals surface area contributed by atoms with Gasteiger partial charge in [0.1, 0.15) is 5.82 Å². The van der Waals surface area contributed by atoms with Crippen molar-refractivity contribution in [3.63, 3.8) is 0 Å². The molecule has 0 spiro atoms. The average Bonchev–Trinajstić information content (AvgIpc) is 2.54. The highest BCUT2D eigenvalue weighted by Crippen LogP contribution is 2.30. The van der Waals surface area contributed by atoms with Crippen molar-refractivity contribution in [1.29, 1.82) is 0 Å². The molecule has 1 aromatic carbocycles. The first-order chi connectivity index (χ1) is 11.4. The highest BCUT2D eigenvalue weighted by Gasteiger charge is 2.33. The maximum atomic E-state index is 12.9. The summed E-state index contributed by atoms with van der Waals surface area (Å²) in [5.74, 6) is 0.190. The number of nitrogens with one attached hydrogen (secondary N) is 2. The van der Waals surface area contributed by atoms with Crippen LogP contribution in [0.1, 0.15) is 12.1 Å². The first kappa shape index (κ1) is 17.8. The molecule has 0 bridgehead atoms. The van der Waals surface area contributed by atoms with E-state index in [2.05, 4.69) is 20.6 Å². The normalized spacial score (nSPS) is 11.2. The predicted molar refractivity (Wildman–Crippen MR) is 89.4 cm³/mol. The topological polar surface area (TPSA) is 53.1 Å². The second-order valence-electron chi connectivity index (χ2n) is 5.40. The van der Waals surface area contributed by atoms with Crippen LogP contribution in [0.3, 0.4) is 0 Å². The molecule has 130 valence electrons. The van der Waals surface area contributed by atoms with Crippen LogP contribution >= 0.6 is 0 Å². The third kappa shape index (κ3) is 5.29. The zero-order valence-electron chi connectivity index (χ0n) is 13.6. The van der Waals surface area contributed by atoms with E-state index < -0.39 is 11.9 Å². The Morgan fingerprint density at radius 1 is 1.00 bits per heavy atom. The molecule has 24 heavy (non-hydrogen) atoms. The van der Waals surface area contributed by atoms with Crippen LogP contribution in [-0.4, -0.2) is 37.2 Å². The van der Waals surface area contributed by atoms with Gasteiger partial charge in [0.15, 0.2) is 5.69 Å². The second kappa shape index (κ2) is 7.85. The van der Waals surface area contributed by atoms with Gasteiger partial charge in [-0.3, -0.25) is 0 Å². The lowest BCUT2D eigenvalue weighted by Gasteiger charge is -2.16. The minimum Gasteiger partial charge on any atom is -0.385 e. The summed E-state index contributed by atoms with van der Waals surface area (Å²) in [6.45, 7) is 1.16. The van der Waals surface area contributed by atoms with E-state index in [-0.39, 0.29) is 11.8 Å². The molecule has 1 heterocycles. The molecule has 0 saturated heterocycles. The molecule has 0 aliphatic heterocycles. The largest absolute Gasteiger partial charge is 0.433 e. The maximum Gasteiger partial charge on any atom is 0.433 e. The van der Waals surface area contributed by atoms with E-state index in [0.717, 1.165) is 11.8 Å². The third-order valence-corrected chi connectivity index (χ3v) is 3.20. The summed E-state index contributed by atoms with van der Waals surface area (Å²) in [6, 6.07) is 10.6. The van der Waals surface area contributed by atoms with Gasteiger partial charge in [-0.2, -0.15) is 18.2 Å². The molecule has 0 atom stereocenters. The van der Waals surface area contributed by atoms with Gasteiger partial charge in [-0.15, -0.1) is 0 Å². The Balaban J connectivity index is 1.90. The molecule has 8 heteroatoms. The Morgan fingerprint density at radius 3 is 2.29 bits per heavy atom. The number of benzene rings is 1. The smallest absolute Gasteiger partial charge is 0.385 e. The number of halogens is 3. The molecule has 0 fully saturated rings. The number of alkyl halides is 3. The first-order valence-electron chi connectivity index (χ1n) is 7.52. The number of rotatable bonds is 7. The Kier molecular flexibility index (Phi) is 5.83.